The van der Waals surface area contributed by atoms with Crippen LogP contribution in [0.25, 0.3) is 11.1 Å². The van der Waals surface area contributed by atoms with Crippen molar-refractivity contribution in [3.8, 4) is 11.1 Å². The van der Waals surface area contributed by atoms with Gasteiger partial charge >= 0.3 is 5.97 Å². The van der Waals surface area contributed by atoms with Gasteiger partial charge in [0.05, 0.1) is 5.56 Å². The Bertz CT molecular complexity index is 664. The first-order valence-electron chi connectivity index (χ1n) is 6.23. The summed E-state index contributed by atoms with van der Waals surface area (Å²) in [4.78, 5) is 10.8. The fraction of sp³-hybridized carbons (Fsp3) is 0.188. The molecule has 0 aliphatic rings. The first-order valence-corrected chi connectivity index (χ1v) is 6.23. The number of carbonyl (C=O) groups is 1. The molecule has 0 heterocycles. The highest BCUT2D eigenvalue weighted by atomic mass is 19.2. The van der Waals surface area contributed by atoms with Gasteiger partial charge < -0.3 is 5.11 Å². The van der Waals surface area contributed by atoms with Crippen LogP contribution in [0.1, 0.15) is 35.7 Å². The fourth-order valence-electron chi connectivity index (χ4n) is 2.00. The summed E-state index contributed by atoms with van der Waals surface area (Å²) in [5, 5.41) is 8.76. The van der Waals surface area contributed by atoms with Crippen molar-refractivity contribution in [2.75, 3.05) is 0 Å². The van der Waals surface area contributed by atoms with E-state index in [1.807, 2.05) is 19.9 Å². The summed E-state index contributed by atoms with van der Waals surface area (Å²) in [5.74, 6) is -3.68. The van der Waals surface area contributed by atoms with Crippen LogP contribution < -0.4 is 0 Å². The molecule has 0 fully saturated rings. The predicted octanol–water partition coefficient (Wildman–Crippen LogP) is 4.45. The van der Waals surface area contributed by atoms with Gasteiger partial charge in [-0.3, -0.25) is 0 Å². The van der Waals surface area contributed by atoms with Gasteiger partial charge in [0.1, 0.15) is 0 Å². The quantitative estimate of drug-likeness (QED) is 0.899. The van der Waals surface area contributed by atoms with Crippen LogP contribution in [0.4, 0.5) is 8.78 Å². The molecule has 0 bridgehead atoms. The Morgan fingerprint density at radius 3 is 2.40 bits per heavy atom. The van der Waals surface area contributed by atoms with E-state index in [1.165, 1.54) is 6.07 Å². The molecular weight excluding hydrogens is 262 g/mol. The molecule has 0 aromatic heterocycles. The van der Waals surface area contributed by atoms with Crippen molar-refractivity contribution >= 4 is 5.97 Å². The van der Waals surface area contributed by atoms with E-state index in [4.69, 9.17) is 5.11 Å². The zero-order chi connectivity index (χ0) is 14.9. The van der Waals surface area contributed by atoms with Gasteiger partial charge in [-0.2, -0.15) is 0 Å². The molecule has 0 saturated carbocycles. The van der Waals surface area contributed by atoms with E-state index < -0.39 is 23.2 Å². The zero-order valence-corrected chi connectivity index (χ0v) is 11.2. The summed E-state index contributed by atoms with van der Waals surface area (Å²) in [6.45, 7) is 4.01. The zero-order valence-electron chi connectivity index (χ0n) is 11.2. The molecule has 0 spiro atoms. The number of carboxylic acids is 1. The maximum absolute atomic E-state index is 14.0. The Balaban J connectivity index is 2.56. The second-order valence-corrected chi connectivity index (χ2v) is 4.87. The summed E-state index contributed by atoms with van der Waals surface area (Å²) in [5.41, 5.74) is 0.940. The summed E-state index contributed by atoms with van der Waals surface area (Å²) in [6, 6.07) is 9.51. The van der Waals surface area contributed by atoms with Crippen molar-refractivity contribution in [2.24, 2.45) is 0 Å². The second-order valence-electron chi connectivity index (χ2n) is 4.87. The van der Waals surface area contributed by atoms with Crippen LogP contribution in [-0.4, -0.2) is 11.1 Å². The number of rotatable bonds is 3. The van der Waals surface area contributed by atoms with E-state index in [0.717, 1.165) is 11.6 Å². The maximum Gasteiger partial charge on any atom is 0.338 e. The minimum absolute atomic E-state index is 0.0648. The second kappa shape index (κ2) is 5.41. The first-order chi connectivity index (χ1) is 9.41. The van der Waals surface area contributed by atoms with Crippen LogP contribution in [0.5, 0.6) is 0 Å². The van der Waals surface area contributed by atoms with E-state index in [-0.39, 0.29) is 11.5 Å². The number of carboxylic acid groups (broad SMARTS) is 1. The molecule has 2 nitrogen and oxygen atoms in total. The molecule has 20 heavy (non-hydrogen) atoms. The molecule has 0 atom stereocenters. The smallest absolute Gasteiger partial charge is 0.338 e. The van der Waals surface area contributed by atoms with Gasteiger partial charge in [0.15, 0.2) is 11.6 Å². The van der Waals surface area contributed by atoms with Gasteiger partial charge in [0.2, 0.25) is 0 Å². The van der Waals surface area contributed by atoms with Crippen molar-refractivity contribution in [1.82, 2.24) is 0 Å². The summed E-state index contributed by atoms with van der Waals surface area (Å²) in [6.07, 6.45) is 0. The van der Waals surface area contributed by atoms with Crippen LogP contribution in [0, 0.1) is 11.6 Å². The summed E-state index contributed by atoms with van der Waals surface area (Å²) < 4.78 is 27.7. The van der Waals surface area contributed by atoms with Crippen LogP contribution in [0.3, 0.4) is 0 Å². The topological polar surface area (TPSA) is 37.3 Å². The SMILES string of the molecule is CC(C)c1cccc(-c2ccc(C(=O)O)c(F)c2F)c1. The Morgan fingerprint density at radius 2 is 1.80 bits per heavy atom. The summed E-state index contributed by atoms with van der Waals surface area (Å²) in [7, 11) is 0. The molecule has 1 N–H and O–H groups in total. The molecule has 104 valence electrons. The lowest BCUT2D eigenvalue weighted by molar-refractivity contribution is 0.0690. The molecule has 0 aliphatic carbocycles. The predicted molar refractivity (Wildman–Crippen MR) is 72.8 cm³/mol. The normalized spacial score (nSPS) is 10.8. The lowest BCUT2D eigenvalue weighted by Crippen LogP contribution is -2.04. The standard InChI is InChI=1S/C16H14F2O2/c1-9(2)10-4-3-5-11(8-10)12-6-7-13(16(19)20)15(18)14(12)17/h3-9H,1-2H3,(H,19,20). The van der Waals surface area contributed by atoms with Crippen LogP contribution in [-0.2, 0) is 0 Å². The highest BCUT2D eigenvalue weighted by Gasteiger charge is 2.18. The lowest BCUT2D eigenvalue weighted by atomic mass is 9.96. The summed E-state index contributed by atoms with van der Waals surface area (Å²) >= 11 is 0. The maximum atomic E-state index is 14.0. The minimum Gasteiger partial charge on any atom is -0.478 e. The molecule has 0 amide bonds. The third-order valence-corrected chi connectivity index (χ3v) is 3.18. The average Bonchev–Trinajstić information content (AvgIpc) is 2.41. The van der Waals surface area contributed by atoms with Crippen molar-refractivity contribution in [1.29, 1.82) is 0 Å². The van der Waals surface area contributed by atoms with E-state index >= 15 is 0 Å². The Kier molecular flexibility index (Phi) is 3.84. The number of benzene rings is 2. The van der Waals surface area contributed by atoms with Crippen LogP contribution in [0.2, 0.25) is 0 Å². The third-order valence-electron chi connectivity index (χ3n) is 3.18. The van der Waals surface area contributed by atoms with Crippen molar-refractivity contribution < 1.29 is 18.7 Å². The Labute approximate surface area is 115 Å². The van der Waals surface area contributed by atoms with Crippen molar-refractivity contribution in [3.63, 3.8) is 0 Å². The van der Waals surface area contributed by atoms with Gasteiger partial charge in [-0.15, -0.1) is 0 Å². The van der Waals surface area contributed by atoms with E-state index in [0.29, 0.717) is 5.56 Å². The molecule has 2 aromatic carbocycles. The number of hydrogen-bond acceptors (Lipinski definition) is 1. The molecule has 0 aliphatic heterocycles. The van der Waals surface area contributed by atoms with Gasteiger partial charge in [-0.25, -0.2) is 13.6 Å². The molecule has 2 aromatic rings. The molecular formula is C16H14F2O2. The van der Waals surface area contributed by atoms with Crippen molar-refractivity contribution in [3.05, 3.63) is 59.2 Å². The average molecular weight is 276 g/mol. The monoisotopic (exact) mass is 276 g/mol. The van der Waals surface area contributed by atoms with Gasteiger partial charge in [-0.1, -0.05) is 44.2 Å². The molecule has 2 rings (SSSR count). The highest BCUT2D eigenvalue weighted by molar-refractivity contribution is 5.88. The van der Waals surface area contributed by atoms with Gasteiger partial charge in [0, 0.05) is 5.56 Å². The molecule has 0 radical (unpaired) electrons. The van der Waals surface area contributed by atoms with Crippen molar-refractivity contribution in [2.45, 2.75) is 19.8 Å². The van der Waals surface area contributed by atoms with Crippen LogP contribution in [0.15, 0.2) is 36.4 Å². The molecule has 0 unspecified atom stereocenters. The Morgan fingerprint density at radius 1 is 1.10 bits per heavy atom. The molecule has 0 saturated heterocycles. The lowest BCUT2D eigenvalue weighted by Gasteiger charge is -2.10. The van der Waals surface area contributed by atoms with E-state index in [9.17, 15) is 13.6 Å². The molecule has 4 heteroatoms. The van der Waals surface area contributed by atoms with E-state index in [2.05, 4.69) is 0 Å². The van der Waals surface area contributed by atoms with E-state index in [1.54, 1.807) is 18.2 Å². The largest absolute Gasteiger partial charge is 0.478 e. The third kappa shape index (κ3) is 2.54. The van der Waals surface area contributed by atoms with Crippen LogP contribution >= 0.6 is 0 Å². The fourth-order valence-corrected chi connectivity index (χ4v) is 2.00. The highest BCUT2D eigenvalue weighted by Crippen LogP contribution is 2.28. The number of aromatic carboxylic acids is 1. The minimum atomic E-state index is -1.48. The first kappa shape index (κ1) is 14.2. The van der Waals surface area contributed by atoms with Gasteiger partial charge in [0.25, 0.3) is 0 Å². The number of halogens is 2. The Hall–Kier alpha value is -2.23. The van der Waals surface area contributed by atoms with Gasteiger partial charge in [-0.05, 0) is 23.1 Å². The number of hydrogen-bond donors (Lipinski definition) is 1.